The lowest BCUT2D eigenvalue weighted by atomic mass is 10.1. The number of ether oxygens (including phenoxy) is 1. The summed E-state index contributed by atoms with van der Waals surface area (Å²) in [4.78, 5) is 17.7. The molecule has 1 saturated carbocycles. The fourth-order valence-corrected chi connectivity index (χ4v) is 4.27. The van der Waals surface area contributed by atoms with Crippen LogP contribution in [0.4, 0.5) is 5.13 Å². The third kappa shape index (κ3) is 3.82. The summed E-state index contributed by atoms with van der Waals surface area (Å²) in [7, 11) is 1.64. The largest absolute Gasteiger partial charge is 0.496 e. The van der Waals surface area contributed by atoms with Crippen molar-refractivity contribution >= 4 is 22.4 Å². The molecule has 4 aromatic rings. The summed E-state index contributed by atoms with van der Waals surface area (Å²) in [6.45, 7) is 2.02. The van der Waals surface area contributed by atoms with Crippen molar-refractivity contribution in [2.24, 2.45) is 0 Å². The molecule has 0 radical (unpaired) electrons. The van der Waals surface area contributed by atoms with E-state index < -0.39 is 0 Å². The van der Waals surface area contributed by atoms with Crippen LogP contribution in [0.5, 0.6) is 5.75 Å². The summed E-state index contributed by atoms with van der Waals surface area (Å²) in [6.07, 6.45) is 2.07. The topological polar surface area (TPSA) is 81.9 Å². The van der Waals surface area contributed by atoms with Crippen LogP contribution in [0.3, 0.4) is 0 Å². The molecule has 0 bridgehead atoms. The van der Waals surface area contributed by atoms with E-state index in [1.165, 1.54) is 11.3 Å². The first-order valence-electron chi connectivity index (χ1n) is 10.1. The minimum absolute atomic E-state index is 0.291. The van der Waals surface area contributed by atoms with E-state index in [-0.39, 0.29) is 5.91 Å². The number of carbonyl (C=O) groups is 1. The molecule has 1 aliphatic rings. The van der Waals surface area contributed by atoms with Gasteiger partial charge >= 0.3 is 0 Å². The van der Waals surface area contributed by atoms with Crippen LogP contribution >= 0.6 is 11.3 Å². The zero-order chi connectivity index (χ0) is 21.4. The first-order valence-corrected chi connectivity index (χ1v) is 10.9. The molecule has 0 unspecified atom stereocenters. The molecule has 0 aliphatic heterocycles. The van der Waals surface area contributed by atoms with E-state index in [1.54, 1.807) is 11.8 Å². The number of anilines is 1. The van der Waals surface area contributed by atoms with Crippen LogP contribution in [0.25, 0.3) is 16.9 Å². The smallest absolute Gasteiger partial charge is 0.279 e. The fraction of sp³-hybridized carbons (Fsp3) is 0.217. The molecule has 1 N–H and O–H groups in total. The molecule has 0 atom stereocenters. The molecule has 1 fully saturated rings. The molecule has 156 valence electrons. The molecule has 2 aromatic heterocycles. The van der Waals surface area contributed by atoms with E-state index in [9.17, 15) is 4.79 Å². The quantitative estimate of drug-likeness (QED) is 0.472. The highest BCUT2D eigenvalue weighted by Crippen LogP contribution is 2.42. The van der Waals surface area contributed by atoms with Crippen molar-refractivity contribution in [3.8, 4) is 22.7 Å². The number of benzene rings is 2. The Morgan fingerprint density at radius 2 is 2.00 bits per heavy atom. The zero-order valence-electron chi connectivity index (χ0n) is 17.2. The molecule has 0 spiro atoms. The Hall–Kier alpha value is -3.52. The number of methoxy groups -OCH3 is 1. The minimum Gasteiger partial charge on any atom is -0.496 e. The van der Waals surface area contributed by atoms with Crippen molar-refractivity contribution in [1.29, 1.82) is 0 Å². The normalized spacial score (nSPS) is 13.2. The van der Waals surface area contributed by atoms with Crippen molar-refractivity contribution in [3.63, 3.8) is 0 Å². The molecule has 5 rings (SSSR count). The Bertz CT molecular complexity index is 1240. The van der Waals surface area contributed by atoms with Gasteiger partial charge in [0.25, 0.3) is 5.91 Å². The molecule has 0 saturated heterocycles. The summed E-state index contributed by atoms with van der Waals surface area (Å²) < 4.78 is 7.24. The molecule has 2 aromatic carbocycles. The maximum absolute atomic E-state index is 13.0. The van der Waals surface area contributed by atoms with Gasteiger partial charge in [-0.05, 0) is 44.0 Å². The Morgan fingerprint density at radius 3 is 2.74 bits per heavy atom. The number of nitrogens with zero attached hydrogens (tertiary/aromatic N) is 4. The van der Waals surface area contributed by atoms with Crippen LogP contribution in [-0.2, 0) is 0 Å². The summed E-state index contributed by atoms with van der Waals surface area (Å²) in [5, 5.41) is 13.8. The molecular weight excluding hydrogens is 410 g/mol. The number of carbonyl (C=O) groups excluding carboxylic acids is 1. The van der Waals surface area contributed by atoms with Gasteiger partial charge in [0.2, 0.25) is 0 Å². The highest BCUT2D eigenvalue weighted by Gasteiger charge is 2.34. The number of para-hydroxylation sites is 1. The van der Waals surface area contributed by atoms with E-state index in [0.717, 1.165) is 46.8 Å². The molecular formula is C23H21N5O2S. The highest BCUT2D eigenvalue weighted by molar-refractivity contribution is 7.14. The van der Waals surface area contributed by atoms with E-state index >= 15 is 0 Å². The highest BCUT2D eigenvalue weighted by atomic mass is 32.1. The van der Waals surface area contributed by atoms with E-state index in [2.05, 4.69) is 20.6 Å². The minimum atomic E-state index is -0.291. The molecule has 8 heteroatoms. The van der Waals surface area contributed by atoms with E-state index in [4.69, 9.17) is 4.74 Å². The van der Waals surface area contributed by atoms with Gasteiger partial charge in [-0.25, -0.2) is 9.67 Å². The van der Waals surface area contributed by atoms with Crippen LogP contribution < -0.4 is 10.1 Å². The van der Waals surface area contributed by atoms with Gasteiger partial charge < -0.3 is 4.74 Å². The van der Waals surface area contributed by atoms with Crippen molar-refractivity contribution in [1.82, 2.24) is 20.0 Å². The van der Waals surface area contributed by atoms with Crippen LogP contribution in [0.15, 0.2) is 53.9 Å². The Labute approximate surface area is 183 Å². The average Bonchev–Trinajstić information content (AvgIpc) is 3.35. The number of nitrogens with one attached hydrogen (secondary N) is 1. The van der Waals surface area contributed by atoms with Gasteiger partial charge in [-0.2, -0.15) is 0 Å². The maximum atomic E-state index is 13.0. The number of aromatic nitrogens is 4. The Kier molecular flexibility index (Phi) is 4.99. The SMILES string of the molecule is COc1ccc(C)cc1-c1csc(NC(=O)c2nnn(-c3ccccc3)c2C2CC2)n1. The number of hydrogen-bond acceptors (Lipinski definition) is 6. The van der Waals surface area contributed by atoms with Crippen LogP contribution in [0.1, 0.15) is 40.5 Å². The van der Waals surface area contributed by atoms with Crippen molar-refractivity contribution in [2.75, 3.05) is 12.4 Å². The molecule has 2 heterocycles. The lowest BCUT2D eigenvalue weighted by molar-refractivity contribution is 0.102. The number of aryl methyl sites for hydroxylation is 1. The molecule has 7 nitrogen and oxygen atoms in total. The van der Waals surface area contributed by atoms with Crippen molar-refractivity contribution in [3.05, 3.63) is 70.9 Å². The lowest BCUT2D eigenvalue weighted by Gasteiger charge is -2.07. The van der Waals surface area contributed by atoms with Gasteiger partial charge in [-0.15, -0.1) is 16.4 Å². The van der Waals surface area contributed by atoms with Crippen LogP contribution in [-0.4, -0.2) is 33.0 Å². The second-order valence-corrected chi connectivity index (χ2v) is 8.40. The fourth-order valence-electron chi connectivity index (χ4n) is 3.57. The first kappa shape index (κ1) is 19.4. The zero-order valence-corrected chi connectivity index (χ0v) is 18.0. The van der Waals surface area contributed by atoms with Gasteiger partial charge in [-0.1, -0.05) is 35.0 Å². The van der Waals surface area contributed by atoms with E-state index in [1.807, 2.05) is 60.8 Å². The van der Waals surface area contributed by atoms with Gasteiger partial charge in [0.15, 0.2) is 10.8 Å². The van der Waals surface area contributed by atoms with Gasteiger partial charge in [-0.3, -0.25) is 10.1 Å². The van der Waals surface area contributed by atoms with Crippen molar-refractivity contribution < 1.29 is 9.53 Å². The summed E-state index contributed by atoms with van der Waals surface area (Å²) in [5.74, 6) is 0.760. The number of hydrogen-bond donors (Lipinski definition) is 1. The second-order valence-electron chi connectivity index (χ2n) is 7.54. The third-order valence-electron chi connectivity index (χ3n) is 5.24. The Balaban J connectivity index is 1.42. The predicted molar refractivity (Wildman–Crippen MR) is 120 cm³/mol. The summed E-state index contributed by atoms with van der Waals surface area (Å²) in [6, 6.07) is 15.7. The van der Waals surface area contributed by atoms with Crippen LogP contribution in [0.2, 0.25) is 0 Å². The average molecular weight is 432 g/mol. The number of rotatable bonds is 6. The Morgan fingerprint density at radius 1 is 1.19 bits per heavy atom. The van der Waals surface area contributed by atoms with Crippen molar-refractivity contribution in [2.45, 2.75) is 25.7 Å². The molecule has 1 amide bonds. The maximum Gasteiger partial charge on any atom is 0.279 e. The summed E-state index contributed by atoms with van der Waals surface area (Å²) >= 11 is 1.37. The lowest BCUT2D eigenvalue weighted by Crippen LogP contribution is -2.15. The first-order chi connectivity index (χ1) is 15.1. The monoisotopic (exact) mass is 431 g/mol. The standard InChI is InChI=1S/C23H21N5O2S/c1-14-8-11-19(30-2)17(12-14)18-13-31-23(24-18)25-22(29)20-21(15-9-10-15)28(27-26-20)16-6-4-3-5-7-16/h3-8,11-13,15H,9-10H2,1-2H3,(H,24,25,29). The van der Waals surface area contributed by atoms with Crippen LogP contribution in [0, 0.1) is 6.92 Å². The second kappa shape index (κ2) is 7.96. The number of thiazole rings is 1. The van der Waals surface area contributed by atoms with Gasteiger partial charge in [0.05, 0.1) is 24.2 Å². The third-order valence-corrected chi connectivity index (χ3v) is 6.00. The molecule has 1 aliphatic carbocycles. The summed E-state index contributed by atoms with van der Waals surface area (Å²) in [5.41, 5.74) is 4.89. The molecule has 31 heavy (non-hydrogen) atoms. The number of amides is 1. The van der Waals surface area contributed by atoms with Gasteiger partial charge in [0.1, 0.15) is 5.75 Å². The van der Waals surface area contributed by atoms with E-state index in [0.29, 0.717) is 16.7 Å². The van der Waals surface area contributed by atoms with Gasteiger partial charge in [0, 0.05) is 16.9 Å². The predicted octanol–water partition coefficient (Wildman–Crippen LogP) is 4.84.